The summed E-state index contributed by atoms with van der Waals surface area (Å²) in [5.74, 6) is 0.0786. The number of aliphatic hydroxyl groups excluding tert-OH is 1. The van der Waals surface area contributed by atoms with Crippen LogP contribution in [-0.4, -0.2) is 46.7 Å². The summed E-state index contributed by atoms with van der Waals surface area (Å²) in [6.45, 7) is 13.5. The summed E-state index contributed by atoms with van der Waals surface area (Å²) in [6.07, 6.45) is 2.81. The number of nitrogens with zero attached hydrogens (tertiary/aromatic N) is 1. The first-order chi connectivity index (χ1) is 9.60. The third-order valence-electron chi connectivity index (χ3n) is 3.53. The monoisotopic (exact) mass is 299 g/mol. The van der Waals surface area contributed by atoms with Crippen LogP contribution < -0.4 is 0 Å². The van der Waals surface area contributed by atoms with E-state index in [0.717, 1.165) is 6.42 Å². The molecule has 0 saturated carbocycles. The average molecular weight is 299 g/mol. The Balaban J connectivity index is 2.83. The van der Waals surface area contributed by atoms with Gasteiger partial charge in [-0.2, -0.15) is 0 Å². The first-order valence-corrected chi connectivity index (χ1v) is 7.48. The standard InChI is InChI=1S/C16H29NO4/c1-7-8-12(10-18)9-13-11-20-16(5,6)17(13)14(19)21-15(2,3)4/h7,12-13,18H,1,8-11H2,2-6H3/t12-,13?/m0/s1. The number of carbonyl (C=O) groups excluding carboxylic acids is 1. The molecule has 122 valence electrons. The summed E-state index contributed by atoms with van der Waals surface area (Å²) in [5.41, 5.74) is -1.24. The lowest BCUT2D eigenvalue weighted by Gasteiger charge is -2.35. The number of ether oxygens (including phenoxy) is 2. The molecular formula is C16H29NO4. The minimum atomic E-state index is -0.693. The zero-order valence-electron chi connectivity index (χ0n) is 13.9. The maximum Gasteiger partial charge on any atom is 0.412 e. The van der Waals surface area contributed by atoms with Crippen LogP contribution in [-0.2, 0) is 9.47 Å². The molecule has 1 rings (SSSR count). The van der Waals surface area contributed by atoms with Crippen LogP contribution in [0.3, 0.4) is 0 Å². The van der Waals surface area contributed by atoms with Crippen molar-refractivity contribution >= 4 is 6.09 Å². The lowest BCUT2D eigenvalue weighted by molar-refractivity contribution is -0.0633. The van der Waals surface area contributed by atoms with Crippen molar-refractivity contribution in [1.82, 2.24) is 4.90 Å². The second-order valence-electron chi connectivity index (χ2n) is 7.07. The minimum Gasteiger partial charge on any atom is -0.444 e. The highest BCUT2D eigenvalue weighted by Gasteiger charge is 2.45. The molecule has 0 spiro atoms. The normalized spacial score (nSPS) is 23.0. The number of hydrogen-bond acceptors (Lipinski definition) is 4. The molecule has 1 saturated heterocycles. The van der Waals surface area contributed by atoms with E-state index < -0.39 is 11.3 Å². The van der Waals surface area contributed by atoms with Gasteiger partial charge in [-0.15, -0.1) is 6.58 Å². The summed E-state index contributed by atoms with van der Waals surface area (Å²) < 4.78 is 11.2. The van der Waals surface area contributed by atoms with Gasteiger partial charge in [0, 0.05) is 6.61 Å². The molecule has 0 bridgehead atoms. The van der Waals surface area contributed by atoms with Gasteiger partial charge < -0.3 is 14.6 Å². The Labute approximate surface area is 127 Å². The van der Waals surface area contributed by atoms with Gasteiger partial charge in [-0.25, -0.2) is 4.79 Å². The van der Waals surface area contributed by atoms with Gasteiger partial charge in [0.1, 0.15) is 11.3 Å². The molecule has 0 radical (unpaired) electrons. The number of carbonyl (C=O) groups is 1. The van der Waals surface area contributed by atoms with E-state index in [1.165, 1.54) is 0 Å². The fourth-order valence-electron chi connectivity index (χ4n) is 2.60. The molecule has 1 fully saturated rings. The average Bonchev–Trinajstić information content (AvgIpc) is 2.61. The van der Waals surface area contributed by atoms with Gasteiger partial charge in [0.15, 0.2) is 0 Å². The molecule has 1 aliphatic heterocycles. The number of allylic oxidation sites excluding steroid dienone is 1. The molecule has 0 aromatic rings. The Morgan fingerprint density at radius 1 is 1.57 bits per heavy atom. The largest absolute Gasteiger partial charge is 0.444 e. The molecule has 1 unspecified atom stereocenters. The van der Waals surface area contributed by atoms with Gasteiger partial charge in [0.25, 0.3) is 0 Å². The van der Waals surface area contributed by atoms with Gasteiger partial charge in [-0.1, -0.05) is 6.08 Å². The summed E-state index contributed by atoms with van der Waals surface area (Å²) >= 11 is 0. The fraction of sp³-hybridized carbons (Fsp3) is 0.812. The van der Waals surface area contributed by atoms with Crippen molar-refractivity contribution in [2.24, 2.45) is 5.92 Å². The molecule has 1 amide bonds. The fourth-order valence-corrected chi connectivity index (χ4v) is 2.60. The summed E-state index contributed by atoms with van der Waals surface area (Å²) in [7, 11) is 0. The molecule has 1 aliphatic rings. The maximum atomic E-state index is 12.5. The molecule has 5 nitrogen and oxygen atoms in total. The molecular weight excluding hydrogens is 270 g/mol. The van der Waals surface area contributed by atoms with Gasteiger partial charge in [0.2, 0.25) is 0 Å². The van der Waals surface area contributed by atoms with E-state index in [1.807, 2.05) is 34.6 Å². The maximum absolute atomic E-state index is 12.5. The summed E-state index contributed by atoms with van der Waals surface area (Å²) in [4.78, 5) is 14.1. The van der Waals surface area contributed by atoms with Crippen molar-refractivity contribution in [2.75, 3.05) is 13.2 Å². The second kappa shape index (κ2) is 6.79. The van der Waals surface area contributed by atoms with E-state index >= 15 is 0 Å². The molecule has 0 aromatic heterocycles. The molecule has 5 heteroatoms. The smallest absolute Gasteiger partial charge is 0.412 e. The number of aliphatic hydroxyl groups is 1. The lowest BCUT2D eigenvalue weighted by Crippen LogP contribution is -2.50. The number of hydrogen-bond donors (Lipinski definition) is 1. The molecule has 2 atom stereocenters. The Kier molecular flexibility index (Phi) is 5.82. The molecule has 0 aromatic carbocycles. The first-order valence-electron chi connectivity index (χ1n) is 7.48. The van der Waals surface area contributed by atoms with Crippen LogP contribution >= 0.6 is 0 Å². The van der Waals surface area contributed by atoms with Crippen LogP contribution in [0.1, 0.15) is 47.5 Å². The Morgan fingerprint density at radius 3 is 2.67 bits per heavy atom. The Hall–Kier alpha value is -1.07. The lowest BCUT2D eigenvalue weighted by atomic mass is 9.97. The van der Waals surface area contributed by atoms with Gasteiger partial charge in [-0.3, -0.25) is 4.90 Å². The zero-order valence-corrected chi connectivity index (χ0v) is 13.9. The van der Waals surface area contributed by atoms with E-state index in [4.69, 9.17) is 9.47 Å². The van der Waals surface area contributed by atoms with Gasteiger partial charge in [-0.05, 0) is 53.4 Å². The van der Waals surface area contributed by atoms with E-state index in [0.29, 0.717) is 13.0 Å². The van der Waals surface area contributed by atoms with Crippen LogP contribution in [0.25, 0.3) is 0 Å². The Morgan fingerprint density at radius 2 is 2.19 bits per heavy atom. The highest BCUT2D eigenvalue weighted by atomic mass is 16.6. The third-order valence-corrected chi connectivity index (χ3v) is 3.53. The zero-order chi connectivity index (χ0) is 16.3. The van der Waals surface area contributed by atoms with E-state index in [9.17, 15) is 9.90 Å². The second-order valence-corrected chi connectivity index (χ2v) is 7.07. The van der Waals surface area contributed by atoms with Crippen LogP contribution in [0.4, 0.5) is 4.79 Å². The highest BCUT2D eigenvalue weighted by Crippen LogP contribution is 2.32. The van der Waals surface area contributed by atoms with Crippen molar-refractivity contribution < 1.29 is 19.4 Å². The highest BCUT2D eigenvalue weighted by molar-refractivity contribution is 5.69. The molecule has 1 heterocycles. The predicted octanol–water partition coefficient (Wildman–Crippen LogP) is 2.93. The van der Waals surface area contributed by atoms with Crippen molar-refractivity contribution in [3.05, 3.63) is 12.7 Å². The topological polar surface area (TPSA) is 59.0 Å². The van der Waals surface area contributed by atoms with Crippen molar-refractivity contribution in [2.45, 2.75) is 64.8 Å². The van der Waals surface area contributed by atoms with E-state index in [-0.39, 0.29) is 24.7 Å². The predicted molar refractivity (Wildman–Crippen MR) is 81.9 cm³/mol. The minimum absolute atomic E-state index is 0.0745. The molecule has 1 N–H and O–H groups in total. The van der Waals surface area contributed by atoms with E-state index in [1.54, 1.807) is 11.0 Å². The Bertz CT molecular complexity index is 373. The van der Waals surface area contributed by atoms with Crippen LogP contribution in [0.2, 0.25) is 0 Å². The van der Waals surface area contributed by atoms with Crippen molar-refractivity contribution in [1.29, 1.82) is 0 Å². The van der Waals surface area contributed by atoms with E-state index in [2.05, 4.69) is 6.58 Å². The first kappa shape index (κ1) is 18.0. The number of amides is 1. The summed E-state index contributed by atoms with van der Waals surface area (Å²) in [5, 5.41) is 9.44. The van der Waals surface area contributed by atoms with Gasteiger partial charge >= 0.3 is 6.09 Å². The van der Waals surface area contributed by atoms with Crippen LogP contribution in [0.5, 0.6) is 0 Å². The van der Waals surface area contributed by atoms with Crippen molar-refractivity contribution in [3.8, 4) is 0 Å². The quantitative estimate of drug-likeness (QED) is 0.793. The SMILES string of the molecule is C=CC[C@H](CO)CC1COC(C)(C)N1C(=O)OC(C)(C)C. The van der Waals surface area contributed by atoms with Crippen molar-refractivity contribution in [3.63, 3.8) is 0 Å². The molecule has 21 heavy (non-hydrogen) atoms. The molecule has 0 aliphatic carbocycles. The number of rotatable bonds is 5. The third kappa shape index (κ3) is 5.00. The van der Waals surface area contributed by atoms with Crippen LogP contribution in [0.15, 0.2) is 12.7 Å². The van der Waals surface area contributed by atoms with Crippen LogP contribution in [0, 0.1) is 5.92 Å². The summed E-state index contributed by atoms with van der Waals surface area (Å²) in [6, 6.07) is -0.0908. The van der Waals surface area contributed by atoms with Gasteiger partial charge in [0.05, 0.1) is 12.6 Å².